The normalized spacial score (nSPS) is 45.4. The van der Waals surface area contributed by atoms with Crippen LogP contribution < -0.4 is 26.6 Å². The average molecular weight is 625 g/mol. The number of ether oxygens (including phenoxy) is 1. The summed E-state index contributed by atoms with van der Waals surface area (Å²) < 4.78 is 45.9. The molecule has 13 unspecified atom stereocenters. The zero-order chi connectivity index (χ0) is 29.6. The van der Waals surface area contributed by atoms with Crippen molar-refractivity contribution < 1.29 is 27.5 Å². The smallest absolute Gasteiger partial charge is 0.380 e. The van der Waals surface area contributed by atoms with E-state index in [0.29, 0.717) is 32.2 Å². The van der Waals surface area contributed by atoms with Gasteiger partial charge in [-0.15, -0.1) is 23.4 Å². The molecule has 41 heavy (non-hydrogen) atoms. The fourth-order valence-electron chi connectivity index (χ4n) is 7.72. The van der Waals surface area contributed by atoms with Gasteiger partial charge in [-0.3, -0.25) is 20.2 Å². The Morgan fingerprint density at radius 1 is 1.00 bits per heavy atom. The van der Waals surface area contributed by atoms with Gasteiger partial charge in [-0.25, -0.2) is 0 Å². The molecule has 5 fully saturated rings. The van der Waals surface area contributed by atoms with Crippen LogP contribution in [0.5, 0.6) is 0 Å². The molecule has 5 saturated heterocycles. The molecule has 234 valence electrons. The van der Waals surface area contributed by atoms with Crippen LogP contribution in [0.1, 0.15) is 40.0 Å². The first-order valence-corrected chi connectivity index (χ1v) is 16.2. The van der Waals surface area contributed by atoms with Crippen LogP contribution in [0.25, 0.3) is 0 Å². The van der Waals surface area contributed by atoms with Crippen LogP contribution in [0.4, 0.5) is 13.2 Å². The summed E-state index contributed by atoms with van der Waals surface area (Å²) in [4.78, 5) is 28.8. The molecule has 0 aromatic carbocycles. The predicted molar refractivity (Wildman–Crippen MR) is 152 cm³/mol. The molecule has 0 aromatic rings. The second-order valence-electron chi connectivity index (χ2n) is 12.7. The van der Waals surface area contributed by atoms with Crippen molar-refractivity contribution in [3.8, 4) is 0 Å². The molecule has 0 bridgehead atoms. The summed E-state index contributed by atoms with van der Waals surface area (Å²) in [6.07, 6.45) is -2.50. The summed E-state index contributed by atoms with van der Waals surface area (Å²) in [6, 6.07) is -1.82. The number of fused-ring (bicyclic) bond motifs is 1. The second kappa shape index (κ2) is 12.6. The van der Waals surface area contributed by atoms with Crippen molar-refractivity contribution >= 4 is 35.2 Å². The predicted octanol–water partition coefficient (Wildman–Crippen LogP) is 1.67. The first-order chi connectivity index (χ1) is 19.3. The Hall–Kier alpha value is -0.830. The molecular weight excluding hydrogens is 581 g/mol. The highest BCUT2D eigenvalue weighted by molar-refractivity contribution is 8.00. The molecule has 9 nitrogen and oxygen atoms in total. The SMILES string of the molecule is COC1CNC(Cl)CC1C1CC(C)NCC1C(=O)NC1NC2CN(C(=O)C3CC(C)C(C(F)(F)F)NC3C)CC2S1. The Labute approximate surface area is 249 Å². The fourth-order valence-corrected chi connectivity index (χ4v) is 9.42. The van der Waals surface area contributed by atoms with E-state index in [4.69, 9.17) is 16.3 Å². The number of alkyl halides is 4. The Morgan fingerprint density at radius 2 is 1.76 bits per heavy atom. The Bertz CT molecular complexity index is 954. The van der Waals surface area contributed by atoms with E-state index >= 15 is 0 Å². The van der Waals surface area contributed by atoms with E-state index in [1.807, 2.05) is 0 Å². The zero-order valence-electron chi connectivity index (χ0n) is 24.0. The van der Waals surface area contributed by atoms with Crippen molar-refractivity contribution in [1.29, 1.82) is 0 Å². The summed E-state index contributed by atoms with van der Waals surface area (Å²) in [5.41, 5.74) is -0.399. The van der Waals surface area contributed by atoms with E-state index in [1.54, 1.807) is 37.6 Å². The van der Waals surface area contributed by atoms with Crippen LogP contribution in [0, 0.1) is 29.6 Å². The topological polar surface area (TPSA) is 107 Å². The summed E-state index contributed by atoms with van der Waals surface area (Å²) in [5, 5.41) is 16.2. The third-order valence-corrected chi connectivity index (χ3v) is 11.6. The zero-order valence-corrected chi connectivity index (χ0v) is 25.6. The van der Waals surface area contributed by atoms with Gasteiger partial charge in [-0.1, -0.05) is 6.92 Å². The molecule has 5 rings (SSSR count). The second-order valence-corrected chi connectivity index (χ2v) is 14.6. The van der Waals surface area contributed by atoms with Gasteiger partial charge in [0.05, 0.1) is 23.4 Å². The van der Waals surface area contributed by atoms with Gasteiger partial charge < -0.3 is 25.6 Å². The largest absolute Gasteiger partial charge is 0.404 e. The number of carbonyl (C=O) groups is 2. The van der Waals surface area contributed by atoms with Gasteiger partial charge in [-0.2, -0.15) is 13.2 Å². The van der Waals surface area contributed by atoms with Gasteiger partial charge in [0.2, 0.25) is 11.8 Å². The minimum absolute atomic E-state index is 0.00174. The third-order valence-electron chi connectivity index (χ3n) is 9.95. The highest BCUT2D eigenvalue weighted by Gasteiger charge is 2.51. The standard InChI is InChI=1S/C27H44ClF3N6O3S/c1-12-5-15(14(3)34-23(12)27(29,30)31)25(39)37-10-19-21(11-37)41-26(35-19)36-24(38)18-8-32-13(2)6-16(18)17-7-22(28)33-9-20(17)40-4/h12-23,26,32-35H,5-11H2,1-4H3,(H,36,38). The van der Waals surface area contributed by atoms with E-state index < -0.39 is 30.1 Å². The molecule has 5 aliphatic rings. The summed E-state index contributed by atoms with van der Waals surface area (Å²) >= 11 is 8.07. The summed E-state index contributed by atoms with van der Waals surface area (Å²) in [7, 11) is 1.71. The van der Waals surface area contributed by atoms with E-state index in [9.17, 15) is 22.8 Å². The number of amides is 2. The van der Waals surface area contributed by atoms with E-state index in [1.165, 1.54) is 0 Å². The molecule has 5 aliphatic heterocycles. The van der Waals surface area contributed by atoms with Gasteiger partial charge in [0.1, 0.15) is 11.5 Å². The highest BCUT2D eigenvalue weighted by atomic mass is 35.5. The summed E-state index contributed by atoms with van der Waals surface area (Å²) in [6.45, 7) is 7.63. The van der Waals surface area contributed by atoms with Gasteiger partial charge in [0.25, 0.3) is 0 Å². The molecule has 0 aliphatic carbocycles. The minimum Gasteiger partial charge on any atom is -0.380 e. The molecular formula is C27H44ClF3N6O3S. The maximum atomic E-state index is 13.6. The number of hydrogen-bond acceptors (Lipinski definition) is 8. The molecule has 0 aromatic heterocycles. The lowest BCUT2D eigenvalue weighted by molar-refractivity contribution is -0.179. The molecule has 5 N–H and O–H groups in total. The van der Waals surface area contributed by atoms with Gasteiger partial charge in [0.15, 0.2) is 0 Å². The Kier molecular flexibility index (Phi) is 9.75. The van der Waals surface area contributed by atoms with Crippen LogP contribution in [-0.2, 0) is 14.3 Å². The van der Waals surface area contributed by atoms with Crippen molar-refractivity contribution in [1.82, 2.24) is 31.5 Å². The van der Waals surface area contributed by atoms with Crippen LogP contribution in [-0.4, -0.2) is 103 Å². The number of thioether (sulfide) groups is 1. The summed E-state index contributed by atoms with van der Waals surface area (Å²) in [5.74, 6) is -1.13. The molecule has 0 radical (unpaired) electrons. The van der Waals surface area contributed by atoms with Crippen molar-refractivity contribution in [2.24, 2.45) is 29.6 Å². The maximum absolute atomic E-state index is 13.6. The molecule has 0 saturated carbocycles. The Balaban J connectivity index is 1.15. The van der Waals surface area contributed by atoms with Crippen LogP contribution in [0.2, 0.25) is 0 Å². The van der Waals surface area contributed by atoms with Crippen LogP contribution in [0.15, 0.2) is 0 Å². The first kappa shape index (κ1) is 31.6. The number of nitrogens with zero attached hydrogens (tertiary/aromatic N) is 1. The number of piperidine rings is 3. The minimum atomic E-state index is -4.33. The van der Waals surface area contributed by atoms with E-state index in [0.717, 1.165) is 12.8 Å². The van der Waals surface area contributed by atoms with Gasteiger partial charge in [0, 0.05) is 56.7 Å². The number of halogens is 4. The highest BCUT2D eigenvalue weighted by Crippen LogP contribution is 2.40. The van der Waals surface area contributed by atoms with Gasteiger partial charge in [-0.05, 0) is 50.9 Å². The van der Waals surface area contributed by atoms with Crippen molar-refractivity contribution in [2.75, 3.05) is 33.3 Å². The first-order valence-electron chi connectivity index (χ1n) is 14.8. The monoisotopic (exact) mass is 624 g/mol. The number of likely N-dealkylation sites (tertiary alicyclic amines) is 1. The third kappa shape index (κ3) is 6.81. The van der Waals surface area contributed by atoms with Crippen molar-refractivity contribution in [3.05, 3.63) is 0 Å². The average Bonchev–Trinajstić information content (AvgIpc) is 3.47. The Morgan fingerprint density at radius 3 is 2.44 bits per heavy atom. The van der Waals surface area contributed by atoms with E-state index in [2.05, 4.69) is 33.5 Å². The lowest BCUT2D eigenvalue weighted by atomic mass is 9.70. The quantitative estimate of drug-likeness (QED) is 0.232. The molecule has 2 amide bonds. The maximum Gasteiger partial charge on any atom is 0.404 e. The number of nitrogens with one attached hydrogen (secondary N) is 5. The van der Waals surface area contributed by atoms with Crippen molar-refractivity contribution in [2.45, 2.75) is 92.7 Å². The van der Waals surface area contributed by atoms with Crippen LogP contribution >= 0.6 is 23.4 Å². The molecule has 5 heterocycles. The number of rotatable bonds is 5. The lowest BCUT2D eigenvalue weighted by Gasteiger charge is -2.45. The fraction of sp³-hybridized carbons (Fsp3) is 0.926. The van der Waals surface area contributed by atoms with Crippen LogP contribution in [0.3, 0.4) is 0 Å². The molecule has 14 heteroatoms. The van der Waals surface area contributed by atoms with Gasteiger partial charge >= 0.3 is 6.18 Å². The number of methoxy groups -OCH3 is 1. The lowest BCUT2D eigenvalue weighted by Crippen LogP contribution is -2.59. The number of hydrogen-bond donors (Lipinski definition) is 5. The molecule has 0 spiro atoms. The molecule has 13 atom stereocenters. The van der Waals surface area contributed by atoms with Crippen molar-refractivity contribution in [3.63, 3.8) is 0 Å². The number of carbonyl (C=O) groups excluding carboxylic acids is 2. The van der Waals surface area contributed by atoms with E-state index in [-0.39, 0.29) is 64.4 Å².